The number of hydrogen-bond donors (Lipinski definition) is 2. The molecule has 6 nitrogen and oxygen atoms in total. The Labute approximate surface area is 75.3 Å². The van der Waals surface area contributed by atoms with Crippen LogP contribution in [0.25, 0.3) is 0 Å². The lowest BCUT2D eigenvalue weighted by atomic mass is 10.2. The van der Waals surface area contributed by atoms with E-state index in [1.54, 1.807) is 0 Å². The van der Waals surface area contributed by atoms with Crippen LogP contribution in [-0.2, 0) is 11.4 Å². The minimum absolute atomic E-state index is 0.185. The molecular formula is C7H12N4O2. The van der Waals surface area contributed by atoms with E-state index in [1.807, 2.05) is 6.92 Å². The molecule has 1 atom stereocenters. The van der Waals surface area contributed by atoms with Crippen molar-refractivity contribution in [2.24, 2.45) is 5.73 Å². The second-order valence-electron chi connectivity index (χ2n) is 2.67. The van der Waals surface area contributed by atoms with Crippen LogP contribution in [0.2, 0.25) is 0 Å². The van der Waals surface area contributed by atoms with E-state index in [4.69, 9.17) is 10.8 Å². The minimum Gasteiger partial charge on any atom is -0.390 e. The van der Waals surface area contributed by atoms with E-state index in [0.29, 0.717) is 12.1 Å². The summed E-state index contributed by atoms with van der Waals surface area (Å²) in [5, 5.41) is 16.0. The fourth-order valence-corrected chi connectivity index (χ4v) is 1.06. The third-order valence-electron chi connectivity index (χ3n) is 1.75. The van der Waals surface area contributed by atoms with Crippen molar-refractivity contribution >= 4 is 5.91 Å². The van der Waals surface area contributed by atoms with E-state index in [0.717, 1.165) is 0 Å². The highest BCUT2D eigenvalue weighted by atomic mass is 16.3. The zero-order chi connectivity index (χ0) is 9.84. The number of rotatable bonds is 4. The molecule has 72 valence electrons. The van der Waals surface area contributed by atoms with E-state index in [-0.39, 0.29) is 6.61 Å². The van der Waals surface area contributed by atoms with Gasteiger partial charge in [0.2, 0.25) is 5.91 Å². The van der Waals surface area contributed by atoms with Gasteiger partial charge in [0.1, 0.15) is 11.7 Å². The van der Waals surface area contributed by atoms with Crippen LogP contribution < -0.4 is 5.73 Å². The molecule has 0 saturated carbocycles. The van der Waals surface area contributed by atoms with Crippen molar-refractivity contribution < 1.29 is 9.90 Å². The summed E-state index contributed by atoms with van der Waals surface area (Å²) < 4.78 is 1.37. The maximum absolute atomic E-state index is 10.9. The van der Waals surface area contributed by atoms with Gasteiger partial charge in [0.05, 0.1) is 12.8 Å². The number of aromatic nitrogens is 3. The molecule has 0 aliphatic rings. The molecule has 0 fully saturated rings. The van der Waals surface area contributed by atoms with E-state index in [1.165, 1.54) is 10.9 Å². The molecule has 0 aromatic carbocycles. The van der Waals surface area contributed by atoms with Gasteiger partial charge >= 0.3 is 0 Å². The standard InChI is InChI=1S/C7H12N4O2/c1-2-6(7(8)13)11-3-5(4-12)9-10-11/h3,6,12H,2,4H2,1H3,(H2,8,13). The fraction of sp³-hybridized carbons (Fsp3) is 0.571. The fourth-order valence-electron chi connectivity index (χ4n) is 1.06. The maximum atomic E-state index is 10.9. The molecule has 0 saturated heterocycles. The van der Waals surface area contributed by atoms with Crippen molar-refractivity contribution in [1.82, 2.24) is 15.0 Å². The topological polar surface area (TPSA) is 94.0 Å². The first-order valence-electron chi connectivity index (χ1n) is 4.00. The van der Waals surface area contributed by atoms with E-state index in [9.17, 15) is 4.79 Å². The molecule has 3 N–H and O–H groups in total. The van der Waals surface area contributed by atoms with Crippen molar-refractivity contribution in [3.8, 4) is 0 Å². The average molecular weight is 184 g/mol. The van der Waals surface area contributed by atoms with E-state index >= 15 is 0 Å². The molecule has 1 heterocycles. The second kappa shape index (κ2) is 3.99. The summed E-state index contributed by atoms with van der Waals surface area (Å²) in [5.74, 6) is -0.447. The lowest BCUT2D eigenvalue weighted by Gasteiger charge is -2.08. The van der Waals surface area contributed by atoms with Gasteiger partial charge in [-0.2, -0.15) is 0 Å². The molecule has 0 aliphatic carbocycles. The highest BCUT2D eigenvalue weighted by molar-refractivity contribution is 5.78. The Morgan fingerprint density at radius 2 is 2.54 bits per heavy atom. The minimum atomic E-state index is -0.479. The molecule has 1 unspecified atom stereocenters. The van der Waals surface area contributed by atoms with Gasteiger partial charge < -0.3 is 10.8 Å². The zero-order valence-electron chi connectivity index (χ0n) is 7.34. The van der Waals surface area contributed by atoms with Crippen LogP contribution >= 0.6 is 0 Å². The van der Waals surface area contributed by atoms with Gasteiger partial charge in [0, 0.05) is 0 Å². The van der Waals surface area contributed by atoms with E-state index in [2.05, 4.69) is 10.3 Å². The Balaban J connectivity index is 2.85. The van der Waals surface area contributed by atoms with Gasteiger partial charge in [0.25, 0.3) is 0 Å². The van der Waals surface area contributed by atoms with Crippen LogP contribution in [0, 0.1) is 0 Å². The number of hydrogen-bond acceptors (Lipinski definition) is 4. The average Bonchev–Trinajstić information content (AvgIpc) is 2.53. The summed E-state index contributed by atoms with van der Waals surface area (Å²) in [7, 11) is 0. The number of aliphatic hydroxyl groups excluding tert-OH is 1. The monoisotopic (exact) mass is 184 g/mol. The number of amides is 1. The summed E-state index contributed by atoms with van der Waals surface area (Å²) in [5.41, 5.74) is 5.57. The summed E-state index contributed by atoms with van der Waals surface area (Å²) in [6, 6.07) is -0.479. The first-order chi connectivity index (χ1) is 6.19. The molecule has 6 heteroatoms. The summed E-state index contributed by atoms with van der Waals surface area (Å²) in [6.45, 7) is 1.64. The molecule has 0 aliphatic heterocycles. The number of carbonyl (C=O) groups is 1. The normalized spacial score (nSPS) is 12.8. The Kier molecular flexibility index (Phi) is 2.97. The van der Waals surface area contributed by atoms with Gasteiger partial charge in [-0.3, -0.25) is 4.79 Å². The van der Waals surface area contributed by atoms with Crippen molar-refractivity contribution in [2.75, 3.05) is 0 Å². The van der Waals surface area contributed by atoms with Crippen LogP contribution in [0.15, 0.2) is 6.20 Å². The number of nitrogens with zero attached hydrogens (tertiary/aromatic N) is 3. The van der Waals surface area contributed by atoms with Crippen molar-refractivity contribution in [3.05, 3.63) is 11.9 Å². The summed E-state index contributed by atoms with van der Waals surface area (Å²) in [6.07, 6.45) is 2.07. The van der Waals surface area contributed by atoms with Gasteiger partial charge in [-0.1, -0.05) is 12.1 Å². The van der Waals surface area contributed by atoms with Crippen molar-refractivity contribution in [1.29, 1.82) is 0 Å². The first-order valence-corrected chi connectivity index (χ1v) is 4.00. The van der Waals surface area contributed by atoms with Gasteiger partial charge in [-0.15, -0.1) is 5.10 Å². The quantitative estimate of drug-likeness (QED) is 0.641. The lowest BCUT2D eigenvalue weighted by molar-refractivity contribution is -0.121. The molecule has 0 bridgehead atoms. The molecular weight excluding hydrogens is 172 g/mol. The molecule has 0 radical (unpaired) electrons. The van der Waals surface area contributed by atoms with Crippen LogP contribution in [0.3, 0.4) is 0 Å². The third kappa shape index (κ3) is 2.03. The Morgan fingerprint density at radius 3 is 2.92 bits per heavy atom. The Hall–Kier alpha value is -1.43. The Bertz CT molecular complexity index is 296. The SMILES string of the molecule is CCC(C(N)=O)n1cc(CO)nn1. The molecule has 1 rings (SSSR count). The molecule has 1 amide bonds. The first kappa shape index (κ1) is 9.66. The number of aliphatic hydroxyl groups is 1. The number of primary amides is 1. The third-order valence-corrected chi connectivity index (χ3v) is 1.75. The van der Waals surface area contributed by atoms with Crippen molar-refractivity contribution in [3.63, 3.8) is 0 Å². The second-order valence-corrected chi connectivity index (χ2v) is 2.67. The number of nitrogens with two attached hydrogens (primary N) is 1. The van der Waals surface area contributed by atoms with Crippen LogP contribution in [0.5, 0.6) is 0 Å². The largest absolute Gasteiger partial charge is 0.390 e. The van der Waals surface area contributed by atoms with Crippen LogP contribution in [0.4, 0.5) is 0 Å². The maximum Gasteiger partial charge on any atom is 0.242 e. The molecule has 1 aromatic heterocycles. The van der Waals surface area contributed by atoms with Gasteiger partial charge in [-0.25, -0.2) is 4.68 Å². The van der Waals surface area contributed by atoms with Gasteiger partial charge in [-0.05, 0) is 6.42 Å². The van der Waals surface area contributed by atoms with Crippen molar-refractivity contribution in [2.45, 2.75) is 26.0 Å². The number of carbonyl (C=O) groups excluding carboxylic acids is 1. The highest BCUT2D eigenvalue weighted by Gasteiger charge is 2.16. The van der Waals surface area contributed by atoms with E-state index < -0.39 is 11.9 Å². The molecule has 0 spiro atoms. The summed E-state index contributed by atoms with van der Waals surface area (Å²) in [4.78, 5) is 10.9. The highest BCUT2D eigenvalue weighted by Crippen LogP contribution is 2.08. The lowest BCUT2D eigenvalue weighted by Crippen LogP contribution is -2.26. The smallest absolute Gasteiger partial charge is 0.242 e. The predicted octanol–water partition coefficient (Wildman–Crippen LogP) is -0.793. The van der Waals surface area contributed by atoms with Gasteiger partial charge in [0.15, 0.2) is 0 Å². The molecule has 13 heavy (non-hydrogen) atoms. The van der Waals surface area contributed by atoms with Crippen LogP contribution in [0.1, 0.15) is 25.1 Å². The Morgan fingerprint density at radius 1 is 1.85 bits per heavy atom. The summed E-state index contributed by atoms with van der Waals surface area (Å²) >= 11 is 0. The predicted molar refractivity (Wildman–Crippen MR) is 44.5 cm³/mol. The zero-order valence-corrected chi connectivity index (χ0v) is 7.34. The van der Waals surface area contributed by atoms with Crippen LogP contribution in [-0.4, -0.2) is 26.0 Å². The molecule has 1 aromatic rings.